The molecule has 1 aromatic carbocycles. The lowest BCUT2D eigenvalue weighted by Crippen LogP contribution is -2.54. The van der Waals surface area contributed by atoms with E-state index in [0.29, 0.717) is 62.7 Å². The van der Waals surface area contributed by atoms with Crippen LogP contribution in [0, 0.1) is 0 Å². The zero-order valence-electron chi connectivity index (χ0n) is 24.5. The summed E-state index contributed by atoms with van der Waals surface area (Å²) in [5.74, 6) is -0.777. The van der Waals surface area contributed by atoms with E-state index in [1.54, 1.807) is 23.2 Å². The molecule has 5 rings (SSSR count). The van der Waals surface area contributed by atoms with E-state index in [4.69, 9.17) is 9.57 Å². The molecule has 1 aromatic heterocycles. The third-order valence-corrected chi connectivity index (χ3v) is 11.2. The molecule has 2 heterocycles. The molecule has 234 valence electrons. The largest absolute Gasteiger partial charge is 0.392 e. The maximum absolute atomic E-state index is 13.5. The molecule has 0 spiro atoms. The van der Waals surface area contributed by atoms with Gasteiger partial charge in [-0.15, -0.1) is 11.3 Å². The Labute approximate surface area is 256 Å². The number of carbonyl (C=O) groups is 2. The van der Waals surface area contributed by atoms with Crippen molar-refractivity contribution in [3.63, 3.8) is 0 Å². The van der Waals surface area contributed by atoms with Crippen molar-refractivity contribution in [1.29, 1.82) is 0 Å². The van der Waals surface area contributed by atoms with Crippen LogP contribution in [0.5, 0.6) is 0 Å². The summed E-state index contributed by atoms with van der Waals surface area (Å²) in [5, 5.41) is 16.4. The van der Waals surface area contributed by atoms with Crippen molar-refractivity contribution in [2.75, 3.05) is 38.2 Å². The van der Waals surface area contributed by atoms with Gasteiger partial charge in [0.25, 0.3) is 5.91 Å². The number of rotatable bonds is 12. The van der Waals surface area contributed by atoms with Gasteiger partial charge in [-0.3, -0.25) is 19.8 Å². The summed E-state index contributed by atoms with van der Waals surface area (Å²) in [6, 6.07) is 6.19. The molecule has 12 nitrogen and oxygen atoms in total. The Morgan fingerprint density at radius 3 is 2.56 bits per heavy atom. The zero-order valence-corrected chi connectivity index (χ0v) is 26.1. The summed E-state index contributed by atoms with van der Waals surface area (Å²) in [4.78, 5) is 40.7. The predicted octanol–water partition coefficient (Wildman–Crippen LogP) is 2.42. The van der Waals surface area contributed by atoms with Gasteiger partial charge in [0.05, 0.1) is 16.2 Å². The molecular weight excluding hydrogens is 594 g/mol. The summed E-state index contributed by atoms with van der Waals surface area (Å²) in [6.07, 6.45) is 5.28. The standard InChI is InChI=1S/C29H39N5O7S2/c1-3-40-21-6-7-22(14-21)41-32-27(20-4-8-24(9-5-20)43(38,39)25-10-11-25)28(37)31-29-30-15-23(42-29)17-33-12-13-34(19(2)16-33)26(36)18-35/h4-5,8-9,15,19,21-22,25,35H,3,6-7,10-14,16-18H2,1-2H3,(H,30,31,37)/t19-,21+,22+/m0/s1. The minimum Gasteiger partial charge on any atom is -0.392 e. The number of thiazole rings is 1. The van der Waals surface area contributed by atoms with Crippen LogP contribution in [-0.4, -0.2) is 102 Å². The van der Waals surface area contributed by atoms with Gasteiger partial charge < -0.3 is 19.6 Å². The molecule has 0 unspecified atom stereocenters. The molecule has 0 bridgehead atoms. The Hall–Kier alpha value is -2.91. The third kappa shape index (κ3) is 7.79. The number of hydrogen-bond acceptors (Lipinski definition) is 11. The van der Waals surface area contributed by atoms with Crippen LogP contribution in [0.2, 0.25) is 0 Å². The first-order chi connectivity index (χ1) is 20.7. The van der Waals surface area contributed by atoms with E-state index in [9.17, 15) is 23.1 Å². The van der Waals surface area contributed by atoms with E-state index in [1.165, 1.54) is 23.5 Å². The SMILES string of the molecule is CCO[C@@H]1CC[C@@H](ON=C(C(=O)Nc2ncc(CN3CCN(C(=O)CO)[C@@H](C)C3)s2)c2ccc(S(=O)(=O)C3CC3)cc2)C1. The first-order valence-electron chi connectivity index (χ1n) is 14.8. The summed E-state index contributed by atoms with van der Waals surface area (Å²) >= 11 is 1.35. The van der Waals surface area contributed by atoms with Crippen LogP contribution in [0.4, 0.5) is 5.13 Å². The Kier molecular flexibility index (Phi) is 10.1. The van der Waals surface area contributed by atoms with Gasteiger partial charge in [-0.05, 0) is 51.7 Å². The van der Waals surface area contributed by atoms with Crippen molar-refractivity contribution < 1.29 is 32.7 Å². The lowest BCUT2D eigenvalue weighted by molar-refractivity contribution is -0.138. The number of aliphatic hydroxyl groups excluding tert-OH is 1. The average molecular weight is 634 g/mol. The number of anilines is 1. The number of ether oxygens (including phenoxy) is 1. The van der Waals surface area contributed by atoms with Crippen LogP contribution in [0.1, 0.15) is 56.4 Å². The lowest BCUT2D eigenvalue weighted by atomic mass is 10.1. The number of hydrogen-bond donors (Lipinski definition) is 2. The molecule has 1 saturated heterocycles. The smallest absolute Gasteiger partial charge is 0.280 e. The first kappa shape index (κ1) is 31.5. The molecular formula is C29H39N5O7S2. The lowest BCUT2D eigenvalue weighted by Gasteiger charge is -2.39. The maximum Gasteiger partial charge on any atom is 0.280 e. The van der Waals surface area contributed by atoms with Gasteiger partial charge in [-0.1, -0.05) is 17.3 Å². The number of aliphatic hydroxyl groups is 1. The Morgan fingerprint density at radius 2 is 1.88 bits per heavy atom. The number of oxime groups is 1. The minimum absolute atomic E-state index is 0.0198. The third-order valence-electron chi connectivity index (χ3n) is 7.99. The summed E-state index contributed by atoms with van der Waals surface area (Å²) < 4.78 is 31.0. The molecule has 2 N–H and O–H groups in total. The number of benzene rings is 1. The van der Waals surface area contributed by atoms with Crippen LogP contribution in [0.25, 0.3) is 0 Å². The van der Waals surface area contributed by atoms with Crippen molar-refractivity contribution >= 4 is 43.8 Å². The van der Waals surface area contributed by atoms with E-state index in [2.05, 4.69) is 20.4 Å². The van der Waals surface area contributed by atoms with Crippen LogP contribution in [0.15, 0.2) is 40.5 Å². The number of piperazine rings is 1. The molecule has 3 atom stereocenters. The molecule has 3 aliphatic rings. The van der Waals surface area contributed by atoms with E-state index >= 15 is 0 Å². The second-order valence-electron chi connectivity index (χ2n) is 11.2. The first-order valence-corrected chi connectivity index (χ1v) is 17.1. The number of aromatic nitrogens is 1. The number of nitrogens with zero attached hydrogens (tertiary/aromatic N) is 4. The molecule has 2 amide bonds. The second kappa shape index (κ2) is 13.8. The van der Waals surface area contributed by atoms with Gasteiger partial charge in [-0.2, -0.15) is 0 Å². The van der Waals surface area contributed by atoms with Gasteiger partial charge in [0.15, 0.2) is 20.7 Å². The van der Waals surface area contributed by atoms with Gasteiger partial charge in [0.2, 0.25) is 5.91 Å². The second-order valence-corrected chi connectivity index (χ2v) is 14.6. The van der Waals surface area contributed by atoms with E-state index in [0.717, 1.165) is 17.7 Å². The van der Waals surface area contributed by atoms with Crippen molar-refractivity contribution in [3.8, 4) is 0 Å². The van der Waals surface area contributed by atoms with Crippen LogP contribution < -0.4 is 5.32 Å². The maximum atomic E-state index is 13.5. The number of sulfone groups is 1. The minimum atomic E-state index is -3.36. The van der Waals surface area contributed by atoms with Crippen molar-refractivity contribution in [2.45, 2.75) is 80.9 Å². The highest BCUT2D eigenvalue weighted by Crippen LogP contribution is 2.33. The van der Waals surface area contributed by atoms with Crippen LogP contribution >= 0.6 is 11.3 Å². The molecule has 1 aliphatic heterocycles. The summed E-state index contributed by atoms with van der Waals surface area (Å²) in [5.41, 5.74) is 0.471. The monoisotopic (exact) mass is 633 g/mol. The highest BCUT2D eigenvalue weighted by molar-refractivity contribution is 7.92. The number of carbonyl (C=O) groups excluding carboxylic acids is 2. The predicted molar refractivity (Wildman–Crippen MR) is 162 cm³/mol. The Bertz CT molecular complexity index is 1420. The molecule has 43 heavy (non-hydrogen) atoms. The summed E-state index contributed by atoms with van der Waals surface area (Å²) in [6.45, 7) is 6.53. The zero-order chi connectivity index (χ0) is 30.6. The van der Waals surface area contributed by atoms with E-state index < -0.39 is 22.4 Å². The summed E-state index contributed by atoms with van der Waals surface area (Å²) in [7, 11) is -3.36. The number of nitrogens with one attached hydrogen (secondary N) is 1. The van der Waals surface area contributed by atoms with E-state index in [1.807, 2.05) is 13.8 Å². The van der Waals surface area contributed by atoms with Gasteiger partial charge in [-0.25, -0.2) is 13.4 Å². The molecule has 3 fully saturated rings. The highest BCUT2D eigenvalue weighted by atomic mass is 32.2. The van der Waals surface area contributed by atoms with E-state index in [-0.39, 0.29) is 40.0 Å². The fourth-order valence-electron chi connectivity index (χ4n) is 5.56. The molecule has 2 saturated carbocycles. The molecule has 2 aromatic rings. The fourth-order valence-corrected chi connectivity index (χ4v) is 8.07. The average Bonchev–Trinajstić information content (AvgIpc) is 3.63. The van der Waals surface area contributed by atoms with Gasteiger partial charge >= 0.3 is 0 Å². The normalized spacial score (nSPS) is 23.4. The van der Waals surface area contributed by atoms with Crippen molar-refractivity contribution in [2.24, 2.45) is 5.16 Å². The number of amides is 2. The molecule has 0 radical (unpaired) electrons. The van der Waals surface area contributed by atoms with Crippen LogP contribution in [0.3, 0.4) is 0 Å². The van der Waals surface area contributed by atoms with Crippen molar-refractivity contribution in [1.82, 2.24) is 14.8 Å². The topological polar surface area (TPSA) is 151 Å². The highest BCUT2D eigenvalue weighted by Gasteiger charge is 2.37. The Morgan fingerprint density at radius 1 is 1.14 bits per heavy atom. The fraction of sp³-hybridized carbons (Fsp3) is 0.586. The van der Waals surface area contributed by atoms with Crippen molar-refractivity contribution in [3.05, 3.63) is 40.9 Å². The molecule has 14 heteroatoms. The van der Waals surface area contributed by atoms with Crippen LogP contribution in [-0.2, 0) is 35.5 Å². The molecule has 2 aliphatic carbocycles. The Balaban J connectivity index is 1.26. The quantitative estimate of drug-likeness (QED) is 0.265. The van der Waals surface area contributed by atoms with Gasteiger partial charge in [0, 0.05) is 61.9 Å². The van der Waals surface area contributed by atoms with Gasteiger partial charge in [0.1, 0.15) is 12.7 Å².